The van der Waals surface area contributed by atoms with E-state index in [0.29, 0.717) is 18.4 Å². The SMILES string of the molecule is CC(C)c1ccc(S(=O)(=O)NCCC(=O)NCC2CNC2)cc1. The lowest BCUT2D eigenvalue weighted by Crippen LogP contribution is -2.48. The third-order valence-electron chi connectivity index (χ3n) is 3.96. The molecule has 128 valence electrons. The largest absolute Gasteiger partial charge is 0.356 e. The molecule has 1 aliphatic heterocycles. The molecule has 0 unspecified atom stereocenters. The van der Waals surface area contributed by atoms with E-state index in [1.54, 1.807) is 12.1 Å². The number of carbonyl (C=O) groups is 1. The van der Waals surface area contributed by atoms with Crippen molar-refractivity contribution >= 4 is 15.9 Å². The first-order chi connectivity index (χ1) is 10.9. The van der Waals surface area contributed by atoms with Crippen molar-refractivity contribution in [2.45, 2.75) is 31.1 Å². The van der Waals surface area contributed by atoms with Crippen molar-refractivity contribution in [1.82, 2.24) is 15.4 Å². The predicted octanol–water partition coefficient (Wildman–Crippen LogP) is 0.814. The highest BCUT2D eigenvalue weighted by Gasteiger charge is 2.18. The van der Waals surface area contributed by atoms with Crippen LogP contribution >= 0.6 is 0 Å². The van der Waals surface area contributed by atoms with E-state index in [9.17, 15) is 13.2 Å². The van der Waals surface area contributed by atoms with Gasteiger partial charge in [-0.05, 0) is 23.6 Å². The van der Waals surface area contributed by atoms with E-state index in [1.807, 2.05) is 12.1 Å². The number of nitrogens with one attached hydrogen (secondary N) is 3. The zero-order valence-electron chi connectivity index (χ0n) is 13.6. The fraction of sp³-hybridized carbons (Fsp3) is 0.562. The Bertz CT molecular complexity index is 622. The van der Waals surface area contributed by atoms with E-state index in [0.717, 1.165) is 18.7 Å². The van der Waals surface area contributed by atoms with Crippen LogP contribution in [-0.2, 0) is 14.8 Å². The van der Waals surface area contributed by atoms with Gasteiger partial charge < -0.3 is 10.6 Å². The van der Waals surface area contributed by atoms with Gasteiger partial charge in [-0.1, -0.05) is 26.0 Å². The van der Waals surface area contributed by atoms with Crippen LogP contribution < -0.4 is 15.4 Å². The molecule has 1 aromatic carbocycles. The number of hydrogen-bond donors (Lipinski definition) is 3. The lowest BCUT2D eigenvalue weighted by Gasteiger charge is -2.27. The third kappa shape index (κ3) is 5.30. The summed E-state index contributed by atoms with van der Waals surface area (Å²) in [5.41, 5.74) is 1.09. The molecule has 0 aliphatic carbocycles. The van der Waals surface area contributed by atoms with E-state index in [2.05, 4.69) is 29.2 Å². The summed E-state index contributed by atoms with van der Waals surface area (Å²) in [5, 5.41) is 5.95. The maximum absolute atomic E-state index is 12.2. The second-order valence-electron chi connectivity index (χ2n) is 6.20. The van der Waals surface area contributed by atoms with Crippen molar-refractivity contribution in [2.75, 3.05) is 26.2 Å². The molecule has 6 nitrogen and oxygen atoms in total. The maximum Gasteiger partial charge on any atom is 0.240 e. The van der Waals surface area contributed by atoms with E-state index in [4.69, 9.17) is 0 Å². The van der Waals surface area contributed by atoms with Crippen molar-refractivity contribution in [3.63, 3.8) is 0 Å². The summed E-state index contributed by atoms with van der Waals surface area (Å²) in [6, 6.07) is 6.83. The fourth-order valence-electron chi connectivity index (χ4n) is 2.25. The van der Waals surface area contributed by atoms with Crippen LogP contribution in [0.25, 0.3) is 0 Å². The molecule has 1 aromatic rings. The Morgan fingerprint density at radius 2 is 1.91 bits per heavy atom. The van der Waals surface area contributed by atoms with Crippen molar-refractivity contribution in [1.29, 1.82) is 0 Å². The average molecular weight is 339 g/mol. The summed E-state index contributed by atoms with van der Waals surface area (Å²) >= 11 is 0. The minimum absolute atomic E-state index is 0.100. The Morgan fingerprint density at radius 3 is 2.43 bits per heavy atom. The van der Waals surface area contributed by atoms with E-state index >= 15 is 0 Å². The standard InChI is InChI=1S/C16H25N3O3S/c1-12(2)14-3-5-15(6-4-14)23(21,22)19-8-7-16(20)18-11-13-9-17-10-13/h3-6,12-13,17,19H,7-11H2,1-2H3,(H,18,20). The summed E-state index contributed by atoms with van der Waals surface area (Å²) in [6.45, 7) is 6.72. The number of hydrogen-bond acceptors (Lipinski definition) is 4. The lowest BCUT2D eigenvalue weighted by molar-refractivity contribution is -0.121. The number of carbonyl (C=O) groups excluding carboxylic acids is 1. The van der Waals surface area contributed by atoms with Gasteiger partial charge in [0.05, 0.1) is 4.90 Å². The monoisotopic (exact) mass is 339 g/mol. The van der Waals surface area contributed by atoms with Crippen molar-refractivity contribution in [3.05, 3.63) is 29.8 Å². The van der Waals surface area contributed by atoms with Crippen LogP contribution in [0.2, 0.25) is 0 Å². The Kier molecular flexibility index (Phi) is 6.15. The summed E-state index contributed by atoms with van der Waals surface area (Å²) in [7, 11) is -3.56. The number of benzene rings is 1. The van der Waals surface area contributed by atoms with Gasteiger partial charge >= 0.3 is 0 Å². The zero-order valence-corrected chi connectivity index (χ0v) is 14.4. The van der Waals surface area contributed by atoms with Gasteiger partial charge in [-0.2, -0.15) is 0 Å². The van der Waals surface area contributed by atoms with E-state index in [1.165, 1.54) is 0 Å². The molecule has 0 radical (unpaired) electrons. The first kappa shape index (κ1) is 17.9. The van der Waals surface area contributed by atoms with Gasteiger partial charge in [0.2, 0.25) is 15.9 Å². The van der Waals surface area contributed by atoms with Gasteiger partial charge in [0.15, 0.2) is 0 Å². The number of rotatable bonds is 8. The molecule has 1 saturated heterocycles. The summed E-state index contributed by atoms with van der Waals surface area (Å²) in [5.74, 6) is 0.721. The quantitative estimate of drug-likeness (QED) is 0.654. The van der Waals surface area contributed by atoms with Crippen LogP contribution in [0.4, 0.5) is 0 Å². The number of amides is 1. The van der Waals surface area contributed by atoms with Crippen LogP contribution in [-0.4, -0.2) is 40.5 Å². The fourth-order valence-corrected chi connectivity index (χ4v) is 3.29. The molecule has 0 saturated carbocycles. The van der Waals surface area contributed by atoms with E-state index in [-0.39, 0.29) is 23.8 Å². The third-order valence-corrected chi connectivity index (χ3v) is 5.43. The molecule has 0 spiro atoms. The van der Waals surface area contributed by atoms with E-state index < -0.39 is 10.0 Å². The van der Waals surface area contributed by atoms with Crippen LogP contribution in [0.3, 0.4) is 0 Å². The lowest BCUT2D eigenvalue weighted by atomic mass is 10.0. The first-order valence-corrected chi connectivity index (χ1v) is 9.44. The van der Waals surface area contributed by atoms with Crippen molar-refractivity contribution in [3.8, 4) is 0 Å². The molecule has 1 aliphatic rings. The molecule has 1 amide bonds. The zero-order chi connectivity index (χ0) is 16.9. The minimum atomic E-state index is -3.56. The minimum Gasteiger partial charge on any atom is -0.356 e. The molecule has 2 rings (SSSR count). The topological polar surface area (TPSA) is 87.3 Å². The van der Waals surface area contributed by atoms with Gasteiger partial charge in [-0.3, -0.25) is 4.79 Å². The molecule has 3 N–H and O–H groups in total. The Balaban J connectivity index is 1.77. The molecule has 0 bridgehead atoms. The first-order valence-electron chi connectivity index (χ1n) is 7.95. The smallest absolute Gasteiger partial charge is 0.240 e. The highest BCUT2D eigenvalue weighted by molar-refractivity contribution is 7.89. The molecular formula is C16H25N3O3S. The summed E-state index contributed by atoms with van der Waals surface area (Å²) in [4.78, 5) is 11.9. The highest BCUT2D eigenvalue weighted by atomic mass is 32.2. The molecule has 0 atom stereocenters. The Labute approximate surface area is 138 Å². The predicted molar refractivity (Wildman–Crippen MR) is 89.7 cm³/mol. The molecule has 0 aromatic heterocycles. The van der Waals surface area contributed by atoms with Gasteiger partial charge in [0.1, 0.15) is 0 Å². The second kappa shape index (κ2) is 7.90. The van der Waals surface area contributed by atoms with Gasteiger partial charge in [-0.15, -0.1) is 0 Å². The van der Waals surface area contributed by atoms with Gasteiger partial charge in [-0.25, -0.2) is 13.1 Å². The maximum atomic E-state index is 12.2. The van der Waals surface area contributed by atoms with Crippen LogP contribution in [0.1, 0.15) is 31.7 Å². The van der Waals surface area contributed by atoms with Crippen LogP contribution in [0.15, 0.2) is 29.2 Å². The number of sulfonamides is 1. The molecule has 7 heteroatoms. The molecular weight excluding hydrogens is 314 g/mol. The van der Waals surface area contributed by atoms with Gasteiger partial charge in [0, 0.05) is 38.5 Å². The van der Waals surface area contributed by atoms with Crippen molar-refractivity contribution < 1.29 is 13.2 Å². The molecule has 1 fully saturated rings. The summed E-state index contributed by atoms with van der Waals surface area (Å²) in [6.07, 6.45) is 0.142. The molecule has 23 heavy (non-hydrogen) atoms. The normalized spacial score (nSPS) is 15.4. The summed E-state index contributed by atoms with van der Waals surface area (Å²) < 4.78 is 26.8. The Hall–Kier alpha value is -1.44. The van der Waals surface area contributed by atoms with Crippen molar-refractivity contribution in [2.24, 2.45) is 5.92 Å². The Morgan fingerprint density at radius 1 is 1.26 bits per heavy atom. The second-order valence-corrected chi connectivity index (χ2v) is 7.97. The molecule has 1 heterocycles. The van der Waals surface area contributed by atoms with Crippen LogP contribution in [0.5, 0.6) is 0 Å². The van der Waals surface area contributed by atoms with Gasteiger partial charge in [0.25, 0.3) is 0 Å². The van der Waals surface area contributed by atoms with Crippen LogP contribution in [0, 0.1) is 5.92 Å². The average Bonchev–Trinajstić information content (AvgIpc) is 2.45. The highest BCUT2D eigenvalue weighted by Crippen LogP contribution is 2.17.